The van der Waals surface area contributed by atoms with Gasteiger partial charge in [0.05, 0.1) is 0 Å². The van der Waals surface area contributed by atoms with Gasteiger partial charge in [-0.15, -0.1) is 0 Å². The summed E-state index contributed by atoms with van der Waals surface area (Å²) in [6.07, 6.45) is 1.92. The second kappa shape index (κ2) is 5.53. The van der Waals surface area contributed by atoms with E-state index in [2.05, 4.69) is 0 Å². The van der Waals surface area contributed by atoms with Crippen molar-refractivity contribution in [1.82, 2.24) is 5.48 Å². The van der Waals surface area contributed by atoms with E-state index in [1.807, 2.05) is 0 Å². The molecule has 0 saturated carbocycles. The van der Waals surface area contributed by atoms with E-state index in [9.17, 15) is 4.79 Å². The van der Waals surface area contributed by atoms with Crippen LogP contribution in [0, 0.1) is 0 Å². The van der Waals surface area contributed by atoms with Gasteiger partial charge in [0.2, 0.25) is 5.91 Å². The quantitative estimate of drug-likeness (QED) is 0.277. The highest BCUT2D eigenvalue weighted by Gasteiger charge is 1.95. The Balaban J connectivity index is 2.97. The molecule has 0 fully saturated rings. The maximum Gasteiger partial charge on any atom is 0.243 e. The summed E-state index contributed by atoms with van der Waals surface area (Å²) in [4.78, 5) is 10.3. The molecule has 0 spiro atoms. The first-order valence-corrected chi connectivity index (χ1v) is 2.94. The van der Waals surface area contributed by atoms with Gasteiger partial charge in [-0.3, -0.25) is 10.0 Å². The van der Waals surface area contributed by atoms with Crippen molar-refractivity contribution >= 4 is 5.91 Å². The number of carbonyl (C=O) groups is 1. The van der Waals surface area contributed by atoms with E-state index in [1.165, 1.54) is 0 Å². The number of hydroxylamine groups is 1. The molecule has 0 aromatic carbocycles. The first kappa shape index (κ1) is 8.39. The third-order valence-electron chi connectivity index (χ3n) is 0.983. The molecule has 0 bridgehead atoms. The van der Waals surface area contributed by atoms with Crippen LogP contribution in [0.4, 0.5) is 0 Å². The Morgan fingerprint density at radius 1 is 1.56 bits per heavy atom. The Morgan fingerprint density at radius 3 is 2.67 bits per heavy atom. The molecule has 0 atom stereocenters. The van der Waals surface area contributed by atoms with Crippen LogP contribution in [0.3, 0.4) is 0 Å². The van der Waals surface area contributed by atoms with Gasteiger partial charge in [0.1, 0.15) is 0 Å². The number of hydrogen-bond acceptors (Lipinski definition) is 3. The van der Waals surface area contributed by atoms with E-state index in [4.69, 9.17) is 10.9 Å². The molecular weight excluding hydrogens is 120 g/mol. The van der Waals surface area contributed by atoms with Gasteiger partial charge in [0.25, 0.3) is 0 Å². The number of rotatable bonds is 4. The Morgan fingerprint density at radius 2 is 2.22 bits per heavy atom. The Labute approximate surface area is 54.0 Å². The van der Waals surface area contributed by atoms with Gasteiger partial charge in [-0.05, 0) is 19.4 Å². The minimum atomic E-state index is -0.344. The molecule has 0 aliphatic carbocycles. The van der Waals surface area contributed by atoms with Gasteiger partial charge in [-0.1, -0.05) is 0 Å². The van der Waals surface area contributed by atoms with Crippen LogP contribution in [0.5, 0.6) is 0 Å². The second-order valence-corrected chi connectivity index (χ2v) is 1.78. The smallest absolute Gasteiger partial charge is 0.243 e. The highest BCUT2D eigenvalue weighted by atomic mass is 16.5. The van der Waals surface area contributed by atoms with Gasteiger partial charge in [0.15, 0.2) is 0 Å². The normalized spacial score (nSPS) is 9.11. The van der Waals surface area contributed by atoms with Crippen molar-refractivity contribution in [2.45, 2.75) is 19.3 Å². The van der Waals surface area contributed by atoms with Crippen molar-refractivity contribution in [1.29, 1.82) is 0 Å². The predicted octanol–water partition coefficient (Wildman–Crippen LogP) is -0.379. The van der Waals surface area contributed by atoms with Gasteiger partial charge in [-0.25, -0.2) is 5.48 Å². The first-order valence-electron chi connectivity index (χ1n) is 2.94. The Bertz CT molecular complexity index is 85.0. The van der Waals surface area contributed by atoms with Crippen LogP contribution < -0.4 is 11.2 Å². The van der Waals surface area contributed by atoms with Gasteiger partial charge < -0.3 is 5.73 Å². The number of amides is 1. The Hall–Kier alpha value is -0.610. The highest BCUT2D eigenvalue weighted by Crippen LogP contribution is 1.91. The highest BCUT2D eigenvalue weighted by molar-refractivity contribution is 5.74. The molecule has 0 aliphatic heterocycles. The third kappa shape index (κ3) is 5.26. The SMILES string of the molecule is NCCCCC(=O)NO. The summed E-state index contributed by atoms with van der Waals surface area (Å²) < 4.78 is 0. The summed E-state index contributed by atoms with van der Waals surface area (Å²) in [5.41, 5.74) is 6.71. The summed E-state index contributed by atoms with van der Waals surface area (Å²) in [6.45, 7) is 0.596. The third-order valence-corrected chi connectivity index (χ3v) is 0.983. The van der Waals surface area contributed by atoms with E-state index < -0.39 is 0 Å². The molecule has 0 aliphatic rings. The van der Waals surface area contributed by atoms with Crippen molar-refractivity contribution in [2.24, 2.45) is 5.73 Å². The lowest BCUT2D eigenvalue weighted by Gasteiger charge is -1.95. The zero-order valence-electron chi connectivity index (χ0n) is 5.26. The molecular formula is C5H12N2O2. The van der Waals surface area contributed by atoms with E-state index in [1.54, 1.807) is 5.48 Å². The molecule has 9 heavy (non-hydrogen) atoms. The molecule has 4 heteroatoms. The van der Waals surface area contributed by atoms with Crippen molar-refractivity contribution in [3.05, 3.63) is 0 Å². The second-order valence-electron chi connectivity index (χ2n) is 1.78. The molecule has 54 valence electrons. The van der Waals surface area contributed by atoms with E-state index in [0.29, 0.717) is 13.0 Å². The van der Waals surface area contributed by atoms with Crippen molar-refractivity contribution in [2.75, 3.05) is 6.54 Å². The van der Waals surface area contributed by atoms with Crippen LogP contribution in [0.25, 0.3) is 0 Å². The molecule has 4 nitrogen and oxygen atoms in total. The molecule has 0 rings (SSSR count). The molecule has 0 radical (unpaired) electrons. The fraction of sp³-hybridized carbons (Fsp3) is 0.800. The predicted molar refractivity (Wildman–Crippen MR) is 32.8 cm³/mol. The lowest BCUT2D eigenvalue weighted by molar-refractivity contribution is -0.129. The largest absolute Gasteiger partial charge is 0.330 e. The van der Waals surface area contributed by atoms with E-state index >= 15 is 0 Å². The maximum absolute atomic E-state index is 10.3. The van der Waals surface area contributed by atoms with Crippen molar-refractivity contribution in [3.63, 3.8) is 0 Å². The van der Waals surface area contributed by atoms with Crippen molar-refractivity contribution in [3.8, 4) is 0 Å². The molecule has 4 N–H and O–H groups in total. The van der Waals surface area contributed by atoms with Crippen LogP contribution in [-0.2, 0) is 4.79 Å². The molecule has 0 unspecified atom stereocenters. The van der Waals surface area contributed by atoms with E-state index in [-0.39, 0.29) is 5.91 Å². The summed E-state index contributed by atoms with van der Waals surface area (Å²) in [5, 5.41) is 8.00. The number of unbranched alkanes of at least 4 members (excludes halogenated alkanes) is 1. The zero-order chi connectivity index (χ0) is 7.11. The average molecular weight is 132 g/mol. The number of hydrogen-bond donors (Lipinski definition) is 3. The molecule has 0 heterocycles. The molecule has 0 aromatic heterocycles. The Kier molecular flexibility index (Phi) is 5.15. The summed E-state index contributed by atoms with van der Waals surface area (Å²) in [6, 6.07) is 0. The fourth-order valence-corrected chi connectivity index (χ4v) is 0.486. The maximum atomic E-state index is 10.3. The summed E-state index contributed by atoms with van der Waals surface area (Å²) in [5.74, 6) is -0.344. The number of nitrogens with two attached hydrogens (primary N) is 1. The van der Waals surface area contributed by atoms with Crippen LogP contribution >= 0.6 is 0 Å². The minimum Gasteiger partial charge on any atom is -0.330 e. The van der Waals surface area contributed by atoms with Gasteiger partial charge >= 0.3 is 0 Å². The first-order chi connectivity index (χ1) is 4.31. The topological polar surface area (TPSA) is 75.4 Å². The average Bonchev–Trinajstić information content (AvgIpc) is 1.89. The van der Waals surface area contributed by atoms with Crippen LogP contribution in [0.1, 0.15) is 19.3 Å². The lowest BCUT2D eigenvalue weighted by Crippen LogP contribution is -2.18. The van der Waals surface area contributed by atoms with Crippen molar-refractivity contribution < 1.29 is 10.0 Å². The van der Waals surface area contributed by atoms with Gasteiger partial charge in [-0.2, -0.15) is 0 Å². The van der Waals surface area contributed by atoms with Crippen LogP contribution in [0.2, 0.25) is 0 Å². The monoisotopic (exact) mass is 132 g/mol. The molecule has 0 saturated heterocycles. The fourth-order valence-electron chi connectivity index (χ4n) is 0.486. The summed E-state index contributed by atoms with van der Waals surface area (Å²) in [7, 11) is 0. The zero-order valence-corrected chi connectivity index (χ0v) is 5.26. The standard InChI is InChI=1S/C5H12N2O2/c6-4-2-1-3-5(8)7-9/h9H,1-4,6H2,(H,7,8). The summed E-state index contributed by atoms with van der Waals surface area (Å²) >= 11 is 0. The molecule has 1 amide bonds. The lowest BCUT2D eigenvalue weighted by atomic mass is 10.2. The van der Waals surface area contributed by atoms with E-state index in [0.717, 1.165) is 12.8 Å². The van der Waals surface area contributed by atoms with Crippen LogP contribution in [-0.4, -0.2) is 17.7 Å². The number of carbonyl (C=O) groups excluding carboxylic acids is 1. The molecule has 0 aromatic rings. The van der Waals surface area contributed by atoms with Crippen LogP contribution in [0.15, 0.2) is 0 Å². The number of nitrogens with one attached hydrogen (secondary N) is 1. The minimum absolute atomic E-state index is 0.344. The van der Waals surface area contributed by atoms with Gasteiger partial charge in [0, 0.05) is 6.42 Å².